The van der Waals surface area contributed by atoms with Crippen molar-refractivity contribution in [2.75, 3.05) is 11.5 Å². The summed E-state index contributed by atoms with van der Waals surface area (Å²) >= 11 is 6.23. The molecule has 0 bridgehead atoms. The summed E-state index contributed by atoms with van der Waals surface area (Å²) in [5, 5.41) is 8.48. The third-order valence-corrected chi connectivity index (χ3v) is 3.40. The van der Waals surface area contributed by atoms with Crippen LogP contribution in [0.5, 0.6) is 0 Å². The monoisotopic (exact) mass is 285 g/mol. The second-order valence-electron chi connectivity index (χ2n) is 4.57. The van der Waals surface area contributed by atoms with Gasteiger partial charge < -0.3 is 11.5 Å². The number of hydrogen-bond acceptors (Lipinski definition) is 5. The number of aryl methyl sites for hydroxylation is 1. The summed E-state index contributed by atoms with van der Waals surface area (Å²) in [5.41, 5.74) is 16.2. The van der Waals surface area contributed by atoms with E-state index < -0.39 is 0 Å². The minimum Gasteiger partial charge on any atom is -0.399 e. The normalized spacial score (nSPS) is 10.9. The Hall–Kier alpha value is -2.40. The molecule has 0 amide bonds. The van der Waals surface area contributed by atoms with E-state index in [0.29, 0.717) is 16.2 Å². The molecule has 0 fully saturated rings. The van der Waals surface area contributed by atoms with Crippen molar-refractivity contribution in [3.63, 3.8) is 0 Å². The van der Waals surface area contributed by atoms with Gasteiger partial charge in [0.15, 0.2) is 0 Å². The number of fused-ring (bicyclic) bond motifs is 1. The van der Waals surface area contributed by atoms with Crippen LogP contribution in [0.4, 0.5) is 11.6 Å². The largest absolute Gasteiger partial charge is 0.399 e. The molecule has 0 aliphatic rings. The Morgan fingerprint density at radius 2 is 1.85 bits per heavy atom. The quantitative estimate of drug-likeness (QED) is 0.671. The lowest BCUT2D eigenvalue weighted by molar-refractivity contribution is 1.04. The number of aromatic nitrogens is 3. The first-order valence-electron chi connectivity index (χ1n) is 6.00. The van der Waals surface area contributed by atoms with E-state index in [1.54, 1.807) is 12.1 Å². The minimum absolute atomic E-state index is 0.162. The SMILES string of the molecule is Cc1cc(-c2cc(N)ccc2Cl)cc2nnc(N)nc12. The van der Waals surface area contributed by atoms with Crippen molar-refractivity contribution in [2.24, 2.45) is 0 Å². The number of benzene rings is 2. The summed E-state index contributed by atoms with van der Waals surface area (Å²) in [6, 6.07) is 9.24. The number of nitrogen functional groups attached to an aromatic ring is 2. The van der Waals surface area contributed by atoms with Crippen LogP contribution in [0.15, 0.2) is 30.3 Å². The smallest absolute Gasteiger partial charge is 0.240 e. The van der Waals surface area contributed by atoms with Gasteiger partial charge in [-0.15, -0.1) is 10.2 Å². The molecule has 0 atom stereocenters. The topological polar surface area (TPSA) is 90.7 Å². The zero-order chi connectivity index (χ0) is 14.3. The fraction of sp³-hybridized carbons (Fsp3) is 0.0714. The minimum atomic E-state index is 0.162. The molecular formula is C14H12ClN5. The van der Waals surface area contributed by atoms with E-state index in [-0.39, 0.29) is 5.95 Å². The highest BCUT2D eigenvalue weighted by Gasteiger charge is 2.09. The van der Waals surface area contributed by atoms with Gasteiger partial charge in [-0.05, 0) is 48.4 Å². The summed E-state index contributed by atoms with van der Waals surface area (Å²) in [6.07, 6.45) is 0. The van der Waals surface area contributed by atoms with E-state index in [2.05, 4.69) is 15.2 Å². The molecule has 0 spiro atoms. The zero-order valence-electron chi connectivity index (χ0n) is 10.8. The molecule has 0 unspecified atom stereocenters. The maximum atomic E-state index is 6.23. The van der Waals surface area contributed by atoms with Crippen molar-refractivity contribution >= 4 is 34.3 Å². The first-order valence-corrected chi connectivity index (χ1v) is 6.38. The van der Waals surface area contributed by atoms with Crippen molar-refractivity contribution in [3.05, 3.63) is 40.9 Å². The summed E-state index contributed by atoms with van der Waals surface area (Å²) in [6.45, 7) is 1.94. The van der Waals surface area contributed by atoms with Gasteiger partial charge in [0.05, 0.1) is 5.52 Å². The van der Waals surface area contributed by atoms with Gasteiger partial charge in [-0.25, -0.2) is 4.98 Å². The number of rotatable bonds is 1. The van der Waals surface area contributed by atoms with Gasteiger partial charge in [-0.3, -0.25) is 0 Å². The lowest BCUT2D eigenvalue weighted by Crippen LogP contribution is -1.99. The molecule has 0 aliphatic heterocycles. The van der Waals surface area contributed by atoms with E-state index >= 15 is 0 Å². The van der Waals surface area contributed by atoms with Crippen molar-refractivity contribution in [3.8, 4) is 11.1 Å². The van der Waals surface area contributed by atoms with E-state index in [9.17, 15) is 0 Å². The Balaban J connectivity index is 2.27. The average Bonchev–Trinajstić information content (AvgIpc) is 2.42. The number of anilines is 2. The molecule has 1 aromatic heterocycles. The van der Waals surface area contributed by atoms with E-state index in [1.807, 2.05) is 25.1 Å². The van der Waals surface area contributed by atoms with Gasteiger partial charge in [-0.2, -0.15) is 0 Å². The summed E-state index contributed by atoms with van der Waals surface area (Å²) in [4.78, 5) is 4.20. The Kier molecular flexibility index (Phi) is 2.91. The standard InChI is InChI=1S/C14H12ClN5/c1-7-4-8(10-6-9(16)2-3-11(10)15)5-12-13(7)18-14(17)20-19-12/h2-6H,16H2,1H3,(H2,17,18,20). The second-order valence-corrected chi connectivity index (χ2v) is 4.98. The van der Waals surface area contributed by atoms with Crippen LogP contribution in [0.2, 0.25) is 5.02 Å². The molecule has 0 saturated carbocycles. The molecule has 3 rings (SSSR count). The first-order chi connectivity index (χ1) is 9.54. The van der Waals surface area contributed by atoms with Crippen LogP contribution in [-0.2, 0) is 0 Å². The van der Waals surface area contributed by atoms with Crippen molar-refractivity contribution in [1.29, 1.82) is 0 Å². The Morgan fingerprint density at radius 1 is 1.05 bits per heavy atom. The van der Waals surface area contributed by atoms with Crippen LogP contribution in [0.1, 0.15) is 5.56 Å². The molecule has 0 radical (unpaired) electrons. The summed E-state index contributed by atoms with van der Waals surface area (Å²) in [7, 11) is 0. The molecule has 0 aliphatic carbocycles. The molecule has 5 nitrogen and oxygen atoms in total. The van der Waals surface area contributed by atoms with Crippen LogP contribution >= 0.6 is 11.6 Å². The molecule has 4 N–H and O–H groups in total. The van der Waals surface area contributed by atoms with Crippen molar-refractivity contribution < 1.29 is 0 Å². The van der Waals surface area contributed by atoms with Gasteiger partial charge in [-0.1, -0.05) is 11.6 Å². The van der Waals surface area contributed by atoms with Crippen LogP contribution in [0, 0.1) is 6.92 Å². The van der Waals surface area contributed by atoms with Gasteiger partial charge in [0, 0.05) is 16.3 Å². The fourth-order valence-electron chi connectivity index (χ4n) is 2.14. The third kappa shape index (κ3) is 2.12. The molecule has 6 heteroatoms. The highest BCUT2D eigenvalue weighted by atomic mass is 35.5. The van der Waals surface area contributed by atoms with Gasteiger partial charge >= 0.3 is 0 Å². The van der Waals surface area contributed by atoms with E-state index in [0.717, 1.165) is 22.2 Å². The lowest BCUT2D eigenvalue weighted by atomic mass is 10.0. The zero-order valence-corrected chi connectivity index (χ0v) is 11.5. The predicted molar refractivity (Wildman–Crippen MR) is 81.3 cm³/mol. The average molecular weight is 286 g/mol. The van der Waals surface area contributed by atoms with Crippen molar-refractivity contribution in [2.45, 2.75) is 6.92 Å². The number of nitrogens with zero attached hydrogens (tertiary/aromatic N) is 3. The van der Waals surface area contributed by atoms with Gasteiger partial charge in [0.25, 0.3) is 0 Å². The summed E-state index contributed by atoms with van der Waals surface area (Å²) in [5.74, 6) is 0.162. The second kappa shape index (κ2) is 4.61. The number of halogens is 1. The lowest BCUT2D eigenvalue weighted by Gasteiger charge is -2.09. The van der Waals surface area contributed by atoms with Crippen LogP contribution in [0.25, 0.3) is 22.2 Å². The molecule has 2 aromatic carbocycles. The van der Waals surface area contributed by atoms with Gasteiger partial charge in [0.2, 0.25) is 5.95 Å². The van der Waals surface area contributed by atoms with Crippen LogP contribution in [-0.4, -0.2) is 15.2 Å². The van der Waals surface area contributed by atoms with Gasteiger partial charge in [0.1, 0.15) is 5.52 Å². The Morgan fingerprint density at radius 3 is 2.65 bits per heavy atom. The molecular weight excluding hydrogens is 274 g/mol. The van der Waals surface area contributed by atoms with Crippen LogP contribution < -0.4 is 11.5 Å². The van der Waals surface area contributed by atoms with E-state index in [4.69, 9.17) is 23.1 Å². The maximum absolute atomic E-state index is 6.23. The molecule has 1 heterocycles. The first kappa shape index (κ1) is 12.6. The van der Waals surface area contributed by atoms with Crippen LogP contribution in [0.3, 0.4) is 0 Å². The molecule has 20 heavy (non-hydrogen) atoms. The summed E-state index contributed by atoms with van der Waals surface area (Å²) < 4.78 is 0. The molecule has 0 saturated heterocycles. The Bertz CT molecular complexity index is 816. The van der Waals surface area contributed by atoms with E-state index in [1.165, 1.54) is 0 Å². The predicted octanol–water partition coefficient (Wildman–Crippen LogP) is 2.82. The fourth-order valence-corrected chi connectivity index (χ4v) is 2.37. The highest BCUT2D eigenvalue weighted by molar-refractivity contribution is 6.33. The molecule has 3 aromatic rings. The third-order valence-electron chi connectivity index (χ3n) is 3.07. The van der Waals surface area contributed by atoms with Crippen molar-refractivity contribution in [1.82, 2.24) is 15.2 Å². The number of nitrogens with two attached hydrogens (primary N) is 2. The Labute approximate surface area is 120 Å². The highest BCUT2D eigenvalue weighted by Crippen LogP contribution is 2.32. The maximum Gasteiger partial charge on any atom is 0.240 e. The molecule has 100 valence electrons. The number of hydrogen-bond donors (Lipinski definition) is 2.